The Morgan fingerprint density at radius 3 is 2.60 bits per heavy atom. The van der Waals surface area contributed by atoms with Crippen LogP contribution in [0.2, 0.25) is 0 Å². The maximum atomic E-state index is 11.1. The van der Waals surface area contributed by atoms with Gasteiger partial charge in [0.15, 0.2) is 5.11 Å². The first kappa shape index (κ1) is 16.4. The van der Waals surface area contributed by atoms with Crippen LogP contribution in [-0.2, 0) is 4.79 Å². The molecule has 0 unspecified atom stereocenters. The van der Waals surface area contributed by atoms with E-state index in [1.807, 2.05) is 24.3 Å². The lowest BCUT2D eigenvalue weighted by atomic mass is 10.2. The van der Waals surface area contributed by atoms with Gasteiger partial charge in [0.25, 0.3) is 0 Å². The Bertz CT molecular complexity index is 435. The van der Waals surface area contributed by atoms with Crippen molar-refractivity contribution in [1.29, 1.82) is 0 Å². The second-order valence-electron chi connectivity index (χ2n) is 4.29. The summed E-state index contributed by atoms with van der Waals surface area (Å²) < 4.78 is 5.60. The number of amides is 1. The first-order chi connectivity index (χ1) is 9.65. The number of hydrogen-bond acceptors (Lipinski definition) is 4. The molecule has 0 spiro atoms. The van der Waals surface area contributed by atoms with Crippen LogP contribution in [0.1, 0.15) is 26.2 Å². The fourth-order valence-corrected chi connectivity index (χ4v) is 1.75. The number of carbonyl (C=O) groups is 1. The number of nitrogens with one attached hydrogen (secondary N) is 2. The minimum atomic E-state index is -0.321. The number of nitrogens with two attached hydrogens (primary N) is 1. The highest BCUT2D eigenvalue weighted by molar-refractivity contribution is 7.80. The van der Waals surface area contributed by atoms with Crippen molar-refractivity contribution in [2.45, 2.75) is 26.2 Å². The fourth-order valence-electron chi connectivity index (χ4n) is 1.52. The van der Waals surface area contributed by atoms with Gasteiger partial charge >= 0.3 is 0 Å². The summed E-state index contributed by atoms with van der Waals surface area (Å²) in [4.78, 5) is 11.1. The highest BCUT2D eigenvalue weighted by Gasteiger charge is 2.02. The maximum absolute atomic E-state index is 11.1. The SMILES string of the molecule is CCCCCOc1ccc(NC(=S)NC(=O)CN)cc1. The molecule has 1 aromatic rings. The number of hydrogen-bond donors (Lipinski definition) is 3. The van der Waals surface area contributed by atoms with Crippen molar-refractivity contribution < 1.29 is 9.53 Å². The van der Waals surface area contributed by atoms with Gasteiger partial charge in [-0.2, -0.15) is 0 Å². The van der Waals surface area contributed by atoms with E-state index in [0.29, 0.717) is 0 Å². The predicted molar refractivity (Wildman–Crippen MR) is 84.9 cm³/mol. The number of unbranched alkanes of at least 4 members (excludes halogenated alkanes) is 2. The van der Waals surface area contributed by atoms with Crippen molar-refractivity contribution in [3.8, 4) is 5.75 Å². The van der Waals surface area contributed by atoms with Crippen molar-refractivity contribution in [3.05, 3.63) is 24.3 Å². The Labute approximate surface area is 124 Å². The van der Waals surface area contributed by atoms with Gasteiger partial charge in [-0.3, -0.25) is 4.79 Å². The number of rotatable bonds is 7. The second-order valence-corrected chi connectivity index (χ2v) is 4.69. The fraction of sp³-hybridized carbons (Fsp3) is 0.429. The van der Waals surface area contributed by atoms with Gasteiger partial charge in [-0.15, -0.1) is 0 Å². The van der Waals surface area contributed by atoms with Gasteiger partial charge in [-0.05, 0) is 42.9 Å². The van der Waals surface area contributed by atoms with Crippen molar-refractivity contribution >= 4 is 28.9 Å². The molecule has 0 aliphatic heterocycles. The van der Waals surface area contributed by atoms with E-state index in [9.17, 15) is 4.79 Å². The topological polar surface area (TPSA) is 76.4 Å². The average Bonchev–Trinajstić information content (AvgIpc) is 2.45. The standard InChI is InChI=1S/C14H21N3O2S/c1-2-3-4-9-19-12-7-5-11(6-8-12)16-14(20)17-13(18)10-15/h5-8H,2-4,9-10,15H2,1H3,(H2,16,17,18,20). The predicted octanol–water partition coefficient (Wildman–Crippen LogP) is 2.03. The van der Waals surface area contributed by atoms with Gasteiger partial charge in [0, 0.05) is 5.69 Å². The average molecular weight is 295 g/mol. The molecule has 1 amide bonds. The number of benzene rings is 1. The van der Waals surface area contributed by atoms with Crippen molar-refractivity contribution in [2.75, 3.05) is 18.5 Å². The second kappa shape index (κ2) is 9.28. The molecule has 0 saturated heterocycles. The lowest BCUT2D eigenvalue weighted by molar-refractivity contribution is -0.118. The molecule has 6 heteroatoms. The largest absolute Gasteiger partial charge is 0.494 e. The molecular weight excluding hydrogens is 274 g/mol. The van der Waals surface area contributed by atoms with E-state index in [1.165, 1.54) is 12.8 Å². The van der Waals surface area contributed by atoms with Crippen LogP contribution in [0.4, 0.5) is 5.69 Å². The number of thiocarbonyl (C=S) groups is 1. The van der Waals surface area contributed by atoms with Crippen LogP contribution >= 0.6 is 12.2 Å². The first-order valence-electron chi connectivity index (χ1n) is 6.69. The van der Waals surface area contributed by atoms with Gasteiger partial charge in [0.1, 0.15) is 5.75 Å². The van der Waals surface area contributed by atoms with Gasteiger partial charge in [-0.1, -0.05) is 19.8 Å². The number of ether oxygens (including phenoxy) is 1. The van der Waals surface area contributed by atoms with Crippen molar-refractivity contribution in [2.24, 2.45) is 5.73 Å². The van der Waals surface area contributed by atoms with Crippen LogP contribution in [-0.4, -0.2) is 24.2 Å². The Morgan fingerprint density at radius 2 is 2.00 bits per heavy atom. The summed E-state index contributed by atoms with van der Waals surface area (Å²) in [6.07, 6.45) is 3.42. The summed E-state index contributed by atoms with van der Waals surface area (Å²) in [7, 11) is 0. The lowest BCUT2D eigenvalue weighted by Gasteiger charge is -2.10. The summed E-state index contributed by atoms with van der Waals surface area (Å²) in [6, 6.07) is 7.41. The van der Waals surface area contributed by atoms with E-state index >= 15 is 0 Å². The molecule has 0 radical (unpaired) electrons. The van der Waals surface area contributed by atoms with E-state index in [2.05, 4.69) is 17.6 Å². The molecular formula is C14H21N3O2S. The summed E-state index contributed by atoms with van der Waals surface area (Å²) >= 11 is 4.98. The zero-order chi connectivity index (χ0) is 14.8. The molecule has 0 heterocycles. The highest BCUT2D eigenvalue weighted by Crippen LogP contribution is 2.16. The Morgan fingerprint density at radius 1 is 1.30 bits per heavy atom. The molecule has 110 valence electrons. The monoisotopic (exact) mass is 295 g/mol. The minimum Gasteiger partial charge on any atom is -0.494 e. The van der Waals surface area contributed by atoms with Gasteiger partial charge < -0.3 is 21.1 Å². The molecule has 0 aliphatic carbocycles. The van der Waals surface area contributed by atoms with Crippen LogP contribution in [0.3, 0.4) is 0 Å². The molecule has 20 heavy (non-hydrogen) atoms. The molecule has 0 fully saturated rings. The number of carbonyl (C=O) groups excluding carboxylic acids is 1. The van der Waals surface area contributed by atoms with Gasteiger partial charge in [0.05, 0.1) is 13.2 Å². The molecule has 1 rings (SSSR count). The molecule has 0 bridgehead atoms. The van der Waals surface area contributed by atoms with Crippen LogP contribution in [0.15, 0.2) is 24.3 Å². The van der Waals surface area contributed by atoms with E-state index in [1.54, 1.807) is 0 Å². The zero-order valence-corrected chi connectivity index (χ0v) is 12.5. The van der Waals surface area contributed by atoms with E-state index in [-0.39, 0.29) is 17.6 Å². The Hall–Kier alpha value is -1.66. The lowest BCUT2D eigenvalue weighted by Crippen LogP contribution is -2.38. The third kappa shape index (κ3) is 6.49. The Kier molecular flexibility index (Phi) is 7.60. The van der Waals surface area contributed by atoms with Crippen LogP contribution in [0, 0.1) is 0 Å². The van der Waals surface area contributed by atoms with E-state index < -0.39 is 0 Å². The Balaban J connectivity index is 2.38. The van der Waals surface area contributed by atoms with E-state index in [0.717, 1.165) is 24.5 Å². The quantitative estimate of drug-likeness (QED) is 0.530. The van der Waals surface area contributed by atoms with Crippen molar-refractivity contribution in [1.82, 2.24) is 5.32 Å². The zero-order valence-electron chi connectivity index (χ0n) is 11.6. The maximum Gasteiger partial charge on any atom is 0.239 e. The summed E-state index contributed by atoms with van der Waals surface area (Å²) in [5, 5.41) is 5.60. The molecule has 4 N–H and O–H groups in total. The van der Waals surface area contributed by atoms with Crippen LogP contribution in [0.5, 0.6) is 5.75 Å². The molecule has 5 nitrogen and oxygen atoms in total. The van der Waals surface area contributed by atoms with Crippen LogP contribution in [0.25, 0.3) is 0 Å². The van der Waals surface area contributed by atoms with Crippen molar-refractivity contribution in [3.63, 3.8) is 0 Å². The smallest absolute Gasteiger partial charge is 0.239 e. The molecule has 0 aromatic heterocycles. The normalized spacial score (nSPS) is 9.90. The third-order valence-electron chi connectivity index (χ3n) is 2.57. The van der Waals surface area contributed by atoms with Crippen LogP contribution < -0.4 is 21.1 Å². The molecule has 0 atom stereocenters. The minimum absolute atomic E-state index is 0.0909. The molecule has 1 aromatic carbocycles. The first-order valence-corrected chi connectivity index (χ1v) is 7.10. The summed E-state index contributed by atoms with van der Waals surface area (Å²) in [5.74, 6) is 0.502. The van der Waals surface area contributed by atoms with Gasteiger partial charge in [-0.25, -0.2) is 0 Å². The number of anilines is 1. The van der Waals surface area contributed by atoms with Gasteiger partial charge in [0.2, 0.25) is 5.91 Å². The highest BCUT2D eigenvalue weighted by atomic mass is 32.1. The molecule has 0 aliphatic rings. The molecule has 0 saturated carbocycles. The summed E-state index contributed by atoms with van der Waals surface area (Å²) in [5.41, 5.74) is 5.97. The van der Waals surface area contributed by atoms with E-state index in [4.69, 9.17) is 22.7 Å². The summed E-state index contributed by atoms with van der Waals surface area (Å²) in [6.45, 7) is 2.80. The third-order valence-corrected chi connectivity index (χ3v) is 2.77.